The number of anilines is 2. The van der Waals surface area contributed by atoms with E-state index in [1.54, 1.807) is 49.5 Å². The van der Waals surface area contributed by atoms with E-state index in [2.05, 4.69) is 0 Å². The second kappa shape index (κ2) is 5.57. The number of methoxy groups -OCH3 is 1. The fourth-order valence-corrected chi connectivity index (χ4v) is 4.41. The average molecular weight is 385 g/mol. The van der Waals surface area contributed by atoms with Gasteiger partial charge in [0.15, 0.2) is 11.0 Å². The molecule has 2 aromatic carbocycles. The van der Waals surface area contributed by atoms with Crippen molar-refractivity contribution >= 4 is 40.8 Å². The molecule has 2 atom stereocenters. The van der Waals surface area contributed by atoms with Crippen LogP contribution >= 0.6 is 11.6 Å². The Morgan fingerprint density at radius 3 is 2.30 bits per heavy atom. The molecule has 7 heteroatoms. The highest BCUT2D eigenvalue weighted by atomic mass is 35.5. The van der Waals surface area contributed by atoms with Crippen molar-refractivity contribution in [1.82, 2.24) is 0 Å². The van der Waals surface area contributed by atoms with Crippen LogP contribution in [0.25, 0.3) is 0 Å². The van der Waals surface area contributed by atoms with Crippen LogP contribution in [-0.2, 0) is 24.7 Å². The number of β-lactam (4-membered cyclic amide) rings is 1. The predicted molar refractivity (Wildman–Crippen MR) is 101 cm³/mol. The number of benzene rings is 2. The zero-order chi connectivity index (χ0) is 19.6. The maximum absolute atomic E-state index is 13.5. The van der Waals surface area contributed by atoms with Crippen LogP contribution in [0.4, 0.5) is 11.4 Å². The highest BCUT2D eigenvalue weighted by molar-refractivity contribution is 6.32. The smallest absolute Gasteiger partial charge is 0.324 e. The molecule has 0 N–H and O–H groups in total. The molecule has 2 aliphatic heterocycles. The molecule has 2 heterocycles. The first-order chi connectivity index (χ1) is 12.8. The summed E-state index contributed by atoms with van der Waals surface area (Å²) in [5.41, 5.74) is -1.43. The third-order valence-electron chi connectivity index (χ3n) is 5.64. The van der Waals surface area contributed by atoms with Crippen molar-refractivity contribution in [2.24, 2.45) is 5.41 Å². The number of nitrogens with zero attached hydrogens (tertiary/aromatic N) is 2. The molecule has 1 spiro atoms. The van der Waals surface area contributed by atoms with E-state index >= 15 is 0 Å². The lowest BCUT2D eigenvalue weighted by Gasteiger charge is -2.58. The lowest BCUT2D eigenvalue weighted by Crippen LogP contribution is -2.80. The third kappa shape index (κ3) is 1.83. The Kier molecular flexibility index (Phi) is 3.62. The highest BCUT2D eigenvalue weighted by Crippen LogP contribution is 2.62. The number of amides is 2. The molecular formula is C20H17ClN2O4. The number of fused-ring (bicyclic) bond motifs is 2. The van der Waals surface area contributed by atoms with Gasteiger partial charge in [-0.05, 0) is 37.3 Å². The number of esters is 1. The highest BCUT2D eigenvalue weighted by Gasteiger charge is 2.81. The Labute approximate surface area is 161 Å². The molecule has 0 aliphatic carbocycles. The number of likely N-dealkylation sites (N-methyl/N-ethyl adjacent to an activating group) is 1. The quantitative estimate of drug-likeness (QED) is 0.453. The fraction of sp³-hybridized carbons (Fsp3) is 0.250. The van der Waals surface area contributed by atoms with Crippen LogP contribution in [0.3, 0.4) is 0 Å². The summed E-state index contributed by atoms with van der Waals surface area (Å²) in [6, 6.07) is 13.8. The monoisotopic (exact) mass is 384 g/mol. The second-order valence-corrected chi connectivity index (χ2v) is 7.26. The first-order valence-electron chi connectivity index (χ1n) is 8.38. The van der Waals surface area contributed by atoms with Gasteiger partial charge in [0.05, 0.1) is 7.11 Å². The van der Waals surface area contributed by atoms with Gasteiger partial charge in [0.25, 0.3) is 5.91 Å². The molecule has 2 amide bonds. The van der Waals surface area contributed by atoms with Gasteiger partial charge in [-0.3, -0.25) is 19.3 Å². The number of hydrogen-bond donors (Lipinski definition) is 0. The van der Waals surface area contributed by atoms with Crippen LogP contribution in [0, 0.1) is 5.41 Å². The van der Waals surface area contributed by atoms with Gasteiger partial charge < -0.3 is 9.64 Å². The number of para-hydroxylation sites is 1. The molecule has 138 valence electrons. The van der Waals surface area contributed by atoms with E-state index in [1.165, 1.54) is 23.8 Å². The topological polar surface area (TPSA) is 66.9 Å². The minimum absolute atomic E-state index is 0.355. The molecule has 4 rings (SSSR count). The molecule has 1 fully saturated rings. The van der Waals surface area contributed by atoms with Crippen molar-refractivity contribution < 1.29 is 19.1 Å². The summed E-state index contributed by atoms with van der Waals surface area (Å²) in [7, 11) is 2.85. The number of hydrogen-bond acceptors (Lipinski definition) is 4. The molecule has 27 heavy (non-hydrogen) atoms. The number of ether oxygens (including phenoxy) is 1. The Morgan fingerprint density at radius 1 is 1.04 bits per heavy atom. The average Bonchev–Trinajstić information content (AvgIpc) is 2.92. The van der Waals surface area contributed by atoms with E-state index in [-0.39, 0.29) is 5.91 Å². The zero-order valence-corrected chi connectivity index (χ0v) is 15.8. The number of carbonyl (C=O) groups excluding carboxylic acids is 3. The summed E-state index contributed by atoms with van der Waals surface area (Å²) in [5, 5.41) is 0.506. The summed E-state index contributed by atoms with van der Waals surface area (Å²) in [4.78, 5) is 42.3. The predicted octanol–water partition coefficient (Wildman–Crippen LogP) is 2.74. The van der Waals surface area contributed by atoms with Gasteiger partial charge in [-0.2, -0.15) is 0 Å². The molecule has 6 nitrogen and oxygen atoms in total. The third-order valence-corrected chi connectivity index (χ3v) is 5.89. The van der Waals surface area contributed by atoms with E-state index in [9.17, 15) is 14.4 Å². The van der Waals surface area contributed by atoms with E-state index < -0.39 is 22.8 Å². The van der Waals surface area contributed by atoms with Gasteiger partial charge in [-0.1, -0.05) is 29.8 Å². The molecule has 2 aliphatic rings. The Morgan fingerprint density at radius 2 is 1.67 bits per heavy atom. The molecule has 2 unspecified atom stereocenters. The first kappa shape index (κ1) is 17.5. The van der Waals surface area contributed by atoms with Gasteiger partial charge in [0, 0.05) is 29.0 Å². The van der Waals surface area contributed by atoms with Crippen molar-refractivity contribution in [2.45, 2.75) is 12.5 Å². The molecule has 0 aromatic heterocycles. The summed E-state index contributed by atoms with van der Waals surface area (Å²) in [6.07, 6.45) is 0. The second-order valence-electron chi connectivity index (χ2n) is 6.83. The van der Waals surface area contributed by atoms with Gasteiger partial charge in [-0.15, -0.1) is 0 Å². The Bertz CT molecular complexity index is 990. The molecule has 0 saturated carbocycles. The molecule has 0 bridgehead atoms. The van der Waals surface area contributed by atoms with E-state index in [0.29, 0.717) is 22.0 Å². The summed E-state index contributed by atoms with van der Waals surface area (Å²) in [6.45, 7) is 1.47. The molecule has 2 aromatic rings. The van der Waals surface area contributed by atoms with Crippen LogP contribution in [0.1, 0.15) is 12.5 Å². The van der Waals surface area contributed by atoms with Gasteiger partial charge >= 0.3 is 5.97 Å². The van der Waals surface area contributed by atoms with E-state index in [4.69, 9.17) is 16.3 Å². The lowest BCUT2D eigenvalue weighted by molar-refractivity contribution is -0.175. The SMILES string of the molecule is COC(=O)C1(C)C(=O)N(c2ccc(Cl)cc2)C12C(=O)N(C)c1ccccc12. The Balaban J connectivity index is 2.03. The van der Waals surface area contributed by atoms with Crippen molar-refractivity contribution in [3.05, 3.63) is 59.1 Å². The van der Waals surface area contributed by atoms with E-state index in [0.717, 1.165) is 0 Å². The van der Waals surface area contributed by atoms with Gasteiger partial charge in [0.1, 0.15) is 0 Å². The van der Waals surface area contributed by atoms with Crippen molar-refractivity contribution in [1.29, 1.82) is 0 Å². The zero-order valence-electron chi connectivity index (χ0n) is 15.0. The van der Waals surface area contributed by atoms with Crippen molar-refractivity contribution in [3.63, 3.8) is 0 Å². The van der Waals surface area contributed by atoms with Crippen molar-refractivity contribution in [3.8, 4) is 0 Å². The van der Waals surface area contributed by atoms with Gasteiger partial charge in [-0.25, -0.2) is 0 Å². The standard InChI is InChI=1S/C20H17ClN2O4/c1-19(18(26)27-3)16(24)23(13-10-8-12(21)9-11-13)20(19)14-6-4-5-7-15(14)22(2)17(20)25/h4-11H,1-3H3. The number of halogens is 1. The molecule has 1 saturated heterocycles. The minimum atomic E-state index is -1.67. The van der Waals surface area contributed by atoms with Crippen LogP contribution in [0.5, 0.6) is 0 Å². The summed E-state index contributed by atoms with van der Waals surface area (Å²) >= 11 is 5.97. The summed E-state index contributed by atoms with van der Waals surface area (Å²) in [5.74, 6) is -1.59. The van der Waals surface area contributed by atoms with Crippen LogP contribution in [0.2, 0.25) is 5.02 Å². The fourth-order valence-electron chi connectivity index (χ4n) is 4.28. The maximum Gasteiger partial charge on any atom is 0.324 e. The number of carbonyl (C=O) groups is 3. The largest absolute Gasteiger partial charge is 0.468 e. The van der Waals surface area contributed by atoms with Crippen LogP contribution in [-0.4, -0.2) is 31.9 Å². The Hall–Kier alpha value is -2.86. The van der Waals surface area contributed by atoms with Crippen LogP contribution in [0.15, 0.2) is 48.5 Å². The normalized spacial score (nSPS) is 26.2. The van der Waals surface area contributed by atoms with Gasteiger partial charge in [0.2, 0.25) is 5.91 Å². The maximum atomic E-state index is 13.5. The number of rotatable bonds is 2. The minimum Gasteiger partial charge on any atom is -0.468 e. The first-order valence-corrected chi connectivity index (χ1v) is 8.76. The molecular weight excluding hydrogens is 368 g/mol. The lowest BCUT2D eigenvalue weighted by atomic mass is 9.58. The van der Waals surface area contributed by atoms with E-state index in [1.807, 2.05) is 6.07 Å². The molecule has 0 radical (unpaired) electrons. The van der Waals surface area contributed by atoms with Crippen molar-refractivity contribution in [2.75, 3.05) is 24.0 Å². The summed E-state index contributed by atoms with van der Waals surface area (Å²) < 4.78 is 4.94. The van der Waals surface area contributed by atoms with Crippen LogP contribution < -0.4 is 9.80 Å².